The highest BCUT2D eigenvalue weighted by Gasteiger charge is 2.03. The van der Waals surface area contributed by atoms with Gasteiger partial charge in [0, 0.05) is 56.7 Å². The van der Waals surface area contributed by atoms with Crippen molar-refractivity contribution in [3.05, 3.63) is 60.2 Å². The molecule has 21 heavy (non-hydrogen) atoms. The fourth-order valence-corrected chi connectivity index (χ4v) is 2.04. The van der Waals surface area contributed by atoms with Crippen molar-refractivity contribution >= 4 is 0 Å². The third-order valence-corrected chi connectivity index (χ3v) is 3.11. The zero-order chi connectivity index (χ0) is 14.8. The van der Waals surface area contributed by atoms with E-state index < -0.39 is 0 Å². The quantitative estimate of drug-likeness (QED) is 0.592. The SMILES string of the molecule is NC(CNCCNCc1ccccn1)Cc1ccccn1. The molecule has 1 atom stereocenters. The van der Waals surface area contributed by atoms with Crippen molar-refractivity contribution in [1.29, 1.82) is 0 Å². The maximum Gasteiger partial charge on any atom is 0.0541 e. The Morgan fingerprint density at radius 3 is 2.24 bits per heavy atom. The Bertz CT molecular complexity index is 489. The minimum absolute atomic E-state index is 0.0932. The second kappa shape index (κ2) is 9.18. The van der Waals surface area contributed by atoms with Crippen LogP contribution in [0.4, 0.5) is 0 Å². The second-order valence-corrected chi connectivity index (χ2v) is 4.99. The summed E-state index contributed by atoms with van der Waals surface area (Å²) in [5.41, 5.74) is 8.18. The van der Waals surface area contributed by atoms with Gasteiger partial charge in [-0.05, 0) is 24.3 Å². The van der Waals surface area contributed by atoms with Gasteiger partial charge >= 0.3 is 0 Å². The molecule has 0 radical (unpaired) electrons. The van der Waals surface area contributed by atoms with Crippen LogP contribution in [0.5, 0.6) is 0 Å². The molecule has 0 aliphatic carbocycles. The van der Waals surface area contributed by atoms with Crippen LogP contribution in [0.25, 0.3) is 0 Å². The van der Waals surface area contributed by atoms with Crippen LogP contribution >= 0.6 is 0 Å². The number of aromatic nitrogens is 2. The Morgan fingerprint density at radius 2 is 1.57 bits per heavy atom. The number of hydrogen-bond acceptors (Lipinski definition) is 5. The number of nitrogens with two attached hydrogens (primary N) is 1. The largest absolute Gasteiger partial charge is 0.326 e. The molecule has 2 heterocycles. The fourth-order valence-electron chi connectivity index (χ4n) is 2.04. The number of rotatable bonds is 9. The summed E-state index contributed by atoms with van der Waals surface area (Å²) in [5.74, 6) is 0. The van der Waals surface area contributed by atoms with Crippen molar-refractivity contribution in [2.45, 2.75) is 19.0 Å². The summed E-state index contributed by atoms with van der Waals surface area (Å²) in [4.78, 5) is 8.54. The van der Waals surface area contributed by atoms with E-state index in [0.29, 0.717) is 0 Å². The minimum Gasteiger partial charge on any atom is -0.326 e. The second-order valence-electron chi connectivity index (χ2n) is 4.99. The molecule has 1 unspecified atom stereocenters. The lowest BCUT2D eigenvalue weighted by Crippen LogP contribution is -2.38. The summed E-state index contributed by atoms with van der Waals surface area (Å²) in [7, 11) is 0. The lowest BCUT2D eigenvalue weighted by Gasteiger charge is -2.12. The molecule has 0 aliphatic rings. The normalized spacial score (nSPS) is 12.2. The summed E-state index contributed by atoms with van der Waals surface area (Å²) in [5, 5.41) is 6.70. The molecule has 5 heteroatoms. The zero-order valence-corrected chi connectivity index (χ0v) is 12.2. The van der Waals surface area contributed by atoms with E-state index in [2.05, 4.69) is 20.6 Å². The Balaban J connectivity index is 1.51. The van der Waals surface area contributed by atoms with Gasteiger partial charge in [0.05, 0.1) is 5.69 Å². The van der Waals surface area contributed by atoms with Crippen LogP contribution in [0.2, 0.25) is 0 Å². The average Bonchev–Trinajstić information content (AvgIpc) is 2.53. The first-order valence-electron chi connectivity index (χ1n) is 7.31. The number of hydrogen-bond donors (Lipinski definition) is 3. The standard InChI is InChI=1S/C16H23N5/c17-14(11-15-5-1-3-7-20-15)12-18-9-10-19-13-16-6-2-4-8-21-16/h1-8,14,18-19H,9-13,17H2. The first kappa shape index (κ1) is 15.6. The van der Waals surface area contributed by atoms with Crippen molar-refractivity contribution in [3.63, 3.8) is 0 Å². The van der Waals surface area contributed by atoms with Crippen molar-refractivity contribution in [2.24, 2.45) is 5.73 Å². The maximum atomic E-state index is 6.08. The molecule has 112 valence electrons. The van der Waals surface area contributed by atoms with E-state index in [4.69, 9.17) is 5.73 Å². The molecule has 2 rings (SSSR count). The molecule has 2 aromatic heterocycles. The van der Waals surface area contributed by atoms with Crippen molar-refractivity contribution < 1.29 is 0 Å². The van der Waals surface area contributed by atoms with Gasteiger partial charge in [0.25, 0.3) is 0 Å². The Hall–Kier alpha value is -1.82. The van der Waals surface area contributed by atoms with Gasteiger partial charge in [-0.25, -0.2) is 0 Å². The molecule has 5 nitrogen and oxygen atoms in total. The summed E-state index contributed by atoms with van der Waals surface area (Å²) in [6.07, 6.45) is 4.41. The predicted molar refractivity (Wildman–Crippen MR) is 84.7 cm³/mol. The van der Waals surface area contributed by atoms with Crippen LogP contribution in [0.3, 0.4) is 0 Å². The number of nitrogens with one attached hydrogen (secondary N) is 2. The third-order valence-electron chi connectivity index (χ3n) is 3.11. The fraction of sp³-hybridized carbons (Fsp3) is 0.375. The smallest absolute Gasteiger partial charge is 0.0541 e. The Kier molecular flexibility index (Phi) is 6.80. The van der Waals surface area contributed by atoms with E-state index >= 15 is 0 Å². The van der Waals surface area contributed by atoms with Crippen LogP contribution in [-0.4, -0.2) is 35.6 Å². The van der Waals surface area contributed by atoms with Crippen LogP contribution in [0, 0.1) is 0 Å². The molecular weight excluding hydrogens is 262 g/mol. The van der Waals surface area contributed by atoms with E-state index in [9.17, 15) is 0 Å². The lowest BCUT2D eigenvalue weighted by atomic mass is 10.1. The minimum atomic E-state index is 0.0932. The van der Waals surface area contributed by atoms with Crippen LogP contribution in [-0.2, 0) is 13.0 Å². The maximum absolute atomic E-state index is 6.08. The molecule has 0 spiro atoms. The van der Waals surface area contributed by atoms with Gasteiger partial charge in [-0.1, -0.05) is 12.1 Å². The number of nitrogens with zero attached hydrogens (tertiary/aromatic N) is 2. The molecular formula is C16H23N5. The van der Waals surface area contributed by atoms with E-state index in [1.807, 2.05) is 42.6 Å². The molecule has 0 amide bonds. The highest BCUT2D eigenvalue weighted by atomic mass is 15.0. The van der Waals surface area contributed by atoms with E-state index in [1.165, 1.54) is 0 Å². The van der Waals surface area contributed by atoms with Gasteiger partial charge in [0.2, 0.25) is 0 Å². The highest BCUT2D eigenvalue weighted by Crippen LogP contribution is 1.96. The lowest BCUT2D eigenvalue weighted by molar-refractivity contribution is 0.547. The molecule has 0 fully saturated rings. The molecule has 0 saturated carbocycles. The molecule has 0 aromatic carbocycles. The van der Waals surface area contributed by atoms with Gasteiger partial charge in [0.1, 0.15) is 0 Å². The first-order valence-corrected chi connectivity index (χ1v) is 7.31. The Labute approximate surface area is 126 Å². The van der Waals surface area contributed by atoms with Crippen LogP contribution in [0.15, 0.2) is 48.8 Å². The van der Waals surface area contributed by atoms with Gasteiger partial charge < -0.3 is 16.4 Å². The van der Waals surface area contributed by atoms with Gasteiger partial charge in [-0.3, -0.25) is 9.97 Å². The molecule has 0 aliphatic heterocycles. The van der Waals surface area contributed by atoms with Gasteiger partial charge in [0.15, 0.2) is 0 Å². The summed E-state index contributed by atoms with van der Waals surface area (Å²) in [6, 6.07) is 11.9. The van der Waals surface area contributed by atoms with E-state index in [-0.39, 0.29) is 6.04 Å². The van der Waals surface area contributed by atoms with Crippen LogP contribution < -0.4 is 16.4 Å². The number of pyridine rings is 2. The van der Waals surface area contributed by atoms with Gasteiger partial charge in [-0.2, -0.15) is 0 Å². The zero-order valence-electron chi connectivity index (χ0n) is 12.2. The van der Waals surface area contributed by atoms with Crippen molar-refractivity contribution in [3.8, 4) is 0 Å². The molecule has 4 N–H and O–H groups in total. The summed E-state index contributed by atoms with van der Waals surface area (Å²) in [6.45, 7) is 3.37. The highest BCUT2D eigenvalue weighted by molar-refractivity contribution is 5.05. The molecule has 0 saturated heterocycles. The van der Waals surface area contributed by atoms with E-state index in [1.54, 1.807) is 6.20 Å². The molecule has 2 aromatic rings. The van der Waals surface area contributed by atoms with E-state index in [0.717, 1.165) is 44.0 Å². The van der Waals surface area contributed by atoms with Crippen molar-refractivity contribution in [1.82, 2.24) is 20.6 Å². The van der Waals surface area contributed by atoms with Crippen molar-refractivity contribution in [2.75, 3.05) is 19.6 Å². The predicted octanol–water partition coefficient (Wildman–Crippen LogP) is 0.726. The van der Waals surface area contributed by atoms with Gasteiger partial charge in [-0.15, -0.1) is 0 Å². The first-order chi connectivity index (χ1) is 10.3. The average molecular weight is 285 g/mol. The Morgan fingerprint density at radius 1 is 0.905 bits per heavy atom. The monoisotopic (exact) mass is 285 g/mol. The van der Waals surface area contributed by atoms with Crippen LogP contribution in [0.1, 0.15) is 11.4 Å². The third kappa shape index (κ3) is 6.44. The summed E-state index contributed by atoms with van der Waals surface area (Å²) < 4.78 is 0. The summed E-state index contributed by atoms with van der Waals surface area (Å²) >= 11 is 0. The topological polar surface area (TPSA) is 75.9 Å². The molecule has 0 bridgehead atoms.